The summed E-state index contributed by atoms with van der Waals surface area (Å²) < 4.78 is 0. The molecule has 5 nitrogen and oxygen atoms in total. The van der Waals surface area contributed by atoms with Crippen LogP contribution in [0.15, 0.2) is 60.7 Å². The number of carbonyl (C=O) groups is 2. The van der Waals surface area contributed by atoms with Gasteiger partial charge < -0.3 is 16.0 Å². The Morgan fingerprint density at radius 3 is 1.97 bits per heavy atom. The van der Waals surface area contributed by atoms with Crippen LogP contribution in [0, 0.1) is 11.8 Å². The van der Waals surface area contributed by atoms with Crippen LogP contribution in [-0.2, 0) is 16.1 Å². The van der Waals surface area contributed by atoms with Gasteiger partial charge >= 0.3 is 0 Å². The van der Waals surface area contributed by atoms with E-state index in [0.29, 0.717) is 13.0 Å². The minimum Gasteiger partial charge on any atom is -0.343 e. The summed E-state index contributed by atoms with van der Waals surface area (Å²) in [7, 11) is 0. The Morgan fingerprint density at radius 2 is 1.41 bits per heavy atom. The first-order chi connectivity index (χ1) is 13.9. The third kappa shape index (κ3) is 7.70. The lowest BCUT2D eigenvalue weighted by molar-refractivity contribution is -0.129. The second-order valence-corrected chi connectivity index (χ2v) is 8.13. The molecular weight excluding hydrogens is 362 g/mol. The van der Waals surface area contributed by atoms with E-state index in [1.165, 1.54) is 0 Å². The third-order valence-corrected chi connectivity index (χ3v) is 4.70. The predicted molar refractivity (Wildman–Crippen MR) is 118 cm³/mol. The lowest BCUT2D eigenvalue weighted by atomic mass is 9.99. The Balaban J connectivity index is 2.04. The highest BCUT2D eigenvalue weighted by molar-refractivity contribution is 5.97. The number of hydrogen-bond acceptors (Lipinski definition) is 3. The molecule has 2 aromatic rings. The molecule has 0 fully saturated rings. The molecule has 0 aromatic heterocycles. The maximum Gasteiger partial charge on any atom is 0.246 e. The van der Waals surface area contributed by atoms with Crippen molar-refractivity contribution in [3.05, 3.63) is 66.2 Å². The van der Waals surface area contributed by atoms with Crippen LogP contribution in [0.5, 0.6) is 0 Å². The number of amides is 2. The fourth-order valence-electron chi connectivity index (χ4n) is 3.17. The van der Waals surface area contributed by atoms with Gasteiger partial charge in [-0.2, -0.15) is 0 Å². The van der Waals surface area contributed by atoms with Crippen molar-refractivity contribution in [2.24, 2.45) is 11.8 Å². The molecule has 2 atom stereocenters. The maximum atomic E-state index is 13.0. The first-order valence-electron chi connectivity index (χ1n) is 10.3. The van der Waals surface area contributed by atoms with Crippen LogP contribution in [0.4, 0.5) is 5.69 Å². The van der Waals surface area contributed by atoms with Crippen molar-refractivity contribution in [3.8, 4) is 0 Å². The van der Waals surface area contributed by atoms with Crippen LogP contribution in [0.25, 0.3) is 0 Å². The first kappa shape index (κ1) is 22.6. The molecule has 5 heteroatoms. The number of hydrogen-bond donors (Lipinski definition) is 3. The van der Waals surface area contributed by atoms with E-state index in [2.05, 4.69) is 16.0 Å². The minimum atomic E-state index is -0.581. The van der Waals surface area contributed by atoms with Crippen molar-refractivity contribution in [2.45, 2.75) is 52.7 Å². The van der Waals surface area contributed by atoms with E-state index >= 15 is 0 Å². The average Bonchev–Trinajstić information content (AvgIpc) is 2.68. The lowest BCUT2D eigenvalue weighted by Crippen LogP contribution is -2.53. The highest BCUT2D eigenvalue weighted by atomic mass is 16.2. The fraction of sp³-hybridized carbons (Fsp3) is 0.417. The molecule has 0 spiro atoms. The molecule has 0 saturated carbocycles. The van der Waals surface area contributed by atoms with E-state index in [9.17, 15) is 9.59 Å². The van der Waals surface area contributed by atoms with Crippen molar-refractivity contribution in [1.29, 1.82) is 0 Å². The molecule has 0 aliphatic carbocycles. The van der Waals surface area contributed by atoms with Gasteiger partial charge in [0.15, 0.2) is 0 Å². The van der Waals surface area contributed by atoms with Gasteiger partial charge in [0, 0.05) is 12.2 Å². The fourth-order valence-corrected chi connectivity index (χ4v) is 3.17. The molecule has 0 aliphatic heterocycles. The second-order valence-electron chi connectivity index (χ2n) is 8.13. The Kier molecular flexibility index (Phi) is 8.87. The molecule has 2 amide bonds. The molecule has 3 N–H and O–H groups in total. The standard InChI is InChI=1S/C24H33N3O2/c1-17(2)15-21(23(28)26-20-13-9-6-10-14-20)27-24(29)22(18(3)4)25-16-19-11-7-5-8-12-19/h5-14,17-18,21-22,25H,15-16H2,1-4H3,(H,26,28)(H,27,29). The van der Waals surface area contributed by atoms with Gasteiger partial charge in [0.05, 0.1) is 6.04 Å². The smallest absolute Gasteiger partial charge is 0.246 e. The maximum absolute atomic E-state index is 13.0. The number of benzene rings is 2. The van der Waals surface area contributed by atoms with Crippen molar-refractivity contribution in [2.75, 3.05) is 5.32 Å². The summed E-state index contributed by atoms with van der Waals surface area (Å²) in [6.07, 6.45) is 0.577. The van der Waals surface area contributed by atoms with Crippen LogP contribution in [-0.4, -0.2) is 23.9 Å². The summed E-state index contributed by atoms with van der Waals surface area (Å²) in [4.78, 5) is 25.8. The van der Waals surface area contributed by atoms with Gasteiger partial charge in [0.1, 0.15) is 6.04 Å². The van der Waals surface area contributed by atoms with Crippen LogP contribution in [0.1, 0.15) is 39.7 Å². The number of para-hydroxylation sites is 1. The summed E-state index contributed by atoms with van der Waals surface area (Å²) in [6, 6.07) is 18.3. The van der Waals surface area contributed by atoms with E-state index in [4.69, 9.17) is 0 Å². The topological polar surface area (TPSA) is 70.2 Å². The SMILES string of the molecule is CC(C)CC(NC(=O)C(NCc1ccccc1)C(C)C)C(=O)Nc1ccccc1. The average molecular weight is 396 g/mol. The summed E-state index contributed by atoms with van der Waals surface area (Å²) in [5.41, 5.74) is 1.84. The summed E-state index contributed by atoms with van der Waals surface area (Å²) in [5, 5.41) is 9.22. The van der Waals surface area contributed by atoms with Gasteiger partial charge in [-0.05, 0) is 36.0 Å². The molecule has 2 rings (SSSR count). The lowest BCUT2D eigenvalue weighted by Gasteiger charge is -2.26. The quantitative estimate of drug-likeness (QED) is 0.570. The Bertz CT molecular complexity index is 760. The van der Waals surface area contributed by atoms with Crippen molar-refractivity contribution >= 4 is 17.5 Å². The number of nitrogens with one attached hydrogen (secondary N) is 3. The number of anilines is 1. The van der Waals surface area contributed by atoms with Gasteiger partial charge in [-0.3, -0.25) is 9.59 Å². The Labute approximate surface area is 174 Å². The predicted octanol–water partition coefficient (Wildman–Crippen LogP) is 3.97. The number of carbonyl (C=O) groups excluding carboxylic acids is 2. The molecule has 0 heterocycles. The Morgan fingerprint density at radius 1 is 0.828 bits per heavy atom. The molecule has 0 bridgehead atoms. The zero-order chi connectivity index (χ0) is 21.2. The van der Waals surface area contributed by atoms with E-state index < -0.39 is 6.04 Å². The Hall–Kier alpha value is -2.66. The molecule has 29 heavy (non-hydrogen) atoms. The molecule has 0 aliphatic rings. The largest absolute Gasteiger partial charge is 0.343 e. The highest BCUT2D eigenvalue weighted by Gasteiger charge is 2.27. The van der Waals surface area contributed by atoms with Crippen LogP contribution >= 0.6 is 0 Å². The van der Waals surface area contributed by atoms with Crippen LogP contribution in [0.2, 0.25) is 0 Å². The molecular formula is C24H33N3O2. The third-order valence-electron chi connectivity index (χ3n) is 4.70. The van der Waals surface area contributed by atoms with Crippen molar-refractivity contribution in [1.82, 2.24) is 10.6 Å². The first-order valence-corrected chi connectivity index (χ1v) is 10.3. The summed E-state index contributed by atoms with van der Waals surface area (Å²) >= 11 is 0. The highest BCUT2D eigenvalue weighted by Crippen LogP contribution is 2.12. The zero-order valence-corrected chi connectivity index (χ0v) is 17.8. The van der Waals surface area contributed by atoms with Crippen molar-refractivity contribution < 1.29 is 9.59 Å². The van der Waals surface area contributed by atoms with E-state index in [1.807, 2.05) is 88.4 Å². The van der Waals surface area contributed by atoms with E-state index in [0.717, 1.165) is 11.3 Å². The van der Waals surface area contributed by atoms with Crippen LogP contribution < -0.4 is 16.0 Å². The van der Waals surface area contributed by atoms with Crippen LogP contribution in [0.3, 0.4) is 0 Å². The van der Waals surface area contributed by atoms with Gasteiger partial charge in [-0.1, -0.05) is 76.2 Å². The van der Waals surface area contributed by atoms with Crippen molar-refractivity contribution in [3.63, 3.8) is 0 Å². The second kappa shape index (κ2) is 11.4. The van der Waals surface area contributed by atoms with Gasteiger partial charge in [-0.15, -0.1) is 0 Å². The molecule has 0 radical (unpaired) electrons. The van der Waals surface area contributed by atoms with E-state index in [-0.39, 0.29) is 29.7 Å². The zero-order valence-electron chi connectivity index (χ0n) is 17.8. The van der Waals surface area contributed by atoms with E-state index in [1.54, 1.807) is 0 Å². The molecule has 0 saturated heterocycles. The van der Waals surface area contributed by atoms with Gasteiger partial charge in [0.25, 0.3) is 0 Å². The summed E-state index contributed by atoms with van der Waals surface area (Å²) in [6.45, 7) is 8.70. The molecule has 2 aromatic carbocycles. The van der Waals surface area contributed by atoms with Gasteiger partial charge in [0.2, 0.25) is 11.8 Å². The van der Waals surface area contributed by atoms with Gasteiger partial charge in [-0.25, -0.2) is 0 Å². The normalized spacial score (nSPS) is 13.2. The number of rotatable bonds is 10. The monoisotopic (exact) mass is 395 g/mol. The molecule has 2 unspecified atom stereocenters. The molecule has 156 valence electrons. The minimum absolute atomic E-state index is 0.0931. The summed E-state index contributed by atoms with van der Waals surface area (Å²) in [5.74, 6) is 0.0285.